The lowest BCUT2D eigenvalue weighted by molar-refractivity contribution is 0.373. The molecule has 0 heterocycles. The predicted molar refractivity (Wildman–Crippen MR) is 77.2 cm³/mol. The first kappa shape index (κ1) is 12.5. The van der Waals surface area contributed by atoms with E-state index in [0.29, 0.717) is 17.6 Å². The molecule has 1 saturated carbocycles. The summed E-state index contributed by atoms with van der Waals surface area (Å²) in [5, 5.41) is 4.02. The summed E-state index contributed by atoms with van der Waals surface area (Å²) in [5.41, 5.74) is 1.91. The molecule has 1 aliphatic rings. The average Bonchev–Trinajstić information content (AvgIpc) is 2.37. The largest absolute Gasteiger partial charge is 0.380 e. The van der Waals surface area contributed by atoms with Crippen molar-refractivity contribution in [2.45, 2.75) is 24.8 Å². The molecule has 0 aromatic heterocycles. The van der Waals surface area contributed by atoms with Gasteiger partial charge in [-0.1, -0.05) is 35.9 Å². The van der Waals surface area contributed by atoms with Crippen LogP contribution in [0.3, 0.4) is 0 Å². The molecule has 3 heteroatoms. The highest BCUT2D eigenvalue weighted by atomic mass is 35.5. The smallest absolute Gasteiger partial charge is 0.146 e. The number of benzene rings is 2. The standard InChI is InChI=1S/C16H15ClFN/c17-13-7-5-11(6-8-13)12-9-14(10-12)19-16-4-2-1-3-15(16)18/h1-8,12,14,19H,9-10H2. The molecule has 98 valence electrons. The second-order valence-electron chi connectivity index (χ2n) is 5.04. The molecule has 0 aliphatic heterocycles. The summed E-state index contributed by atoms with van der Waals surface area (Å²) in [6.07, 6.45) is 2.08. The first-order chi connectivity index (χ1) is 9.22. The van der Waals surface area contributed by atoms with E-state index in [2.05, 4.69) is 17.4 Å². The zero-order valence-electron chi connectivity index (χ0n) is 10.4. The summed E-state index contributed by atoms with van der Waals surface area (Å²) < 4.78 is 13.5. The molecule has 0 spiro atoms. The minimum absolute atomic E-state index is 0.183. The Balaban J connectivity index is 1.58. The van der Waals surface area contributed by atoms with Gasteiger partial charge in [-0.05, 0) is 48.6 Å². The van der Waals surface area contributed by atoms with E-state index < -0.39 is 0 Å². The number of hydrogen-bond acceptors (Lipinski definition) is 1. The lowest BCUT2D eigenvalue weighted by Gasteiger charge is -2.37. The zero-order valence-corrected chi connectivity index (χ0v) is 11.2. The van der Waals surface area contributed by atoms with Crippen LogP contribution in [-0.4, -0.2) is 6.04 Å². The molecule has 1 aliphatic carbocycles. The first-order valence-electron chi connectivity index (χ1n) is 6.49. The van der Waals surface area contributed by atoms with Crippen LogP contribution in [0.2, 0.25) is 5.02 Å². The second kappa shape index (κ2) is 5.22. The van der Waals surface area contributed by atoms with Gasteiger partial charge in [0, 0.05) is 11.1 Å². The molecule has 2 aromatic rings. The molecule has 0 unspecified atom stereocenters. The number of halogens is 2. The summed E-state index contributed by atoms with van der Waals surface area (Å²) in [7, 11) is 0. The third kappa shape index (κ3) is 2.74. The molecule has 1 N–H and O–H groups in total. The lowest BCUT2D eigenvalue weighted by atomic mass is 9.76. The van der Waals surface area contributed by atoms with Gasteiger partial charge in [-0.2, -0.15) is 0 Å². The van der Waals surface area contributed by atoms with Crippen LogP contribution < -0.4 is 5.32 Å². The molecule has 0 radical (unpaired) electrons. The van der Waals surface area contributed by atoms with E-state index in [9.17, 15) is 4.39 Å². The number of nitrogens with one attached hydrogen (secondary N) is 1. The topological polar surface area (TPSA) is 12.0 Å². The summed E-state index contributed by atoms with van der Waals surface area (Å²) >= 11 is 5.88. The van der Waals surface area contributed by atoms with Crippen molar-refractivity contribution in [2.75, 3.05) is 5.32 Å². The van der Waals surface area contributed by atoms with Gasteiger partial charge in [-0.15, -0.1) is 0 Å². The molecule has 0 bridgehead atoms. The maximum absolute atomic E-state index is 13.5. The molecule has 1 fully saturated rings. The van der Waals surface area contributed by atoms with Crippen LogP contribution in [-0.2, 0) is 0 Å². The molecular weight excluding hydrogens is 261 g/mol. The third-order valence-corrected chi connectivity index (χ3v) is 3.96. The van der Waals surface area contributed by atoms with E-state index in [1.807, 2.05) is 18.2 Å². The van der Waals surface area contributed by atoms with Gasteiger partial charge in [0.15, 0.2) is 0 Å². The fraction of sp³-hybridized carbons (Fsp3) is 0.250. The van der Waals surface area contributed by atoms with E-state index in [-0.39, 0.29) is 5.82 Å². The maximum atomic E-state index is 13.5. The Morgan fingerprint density at radius 2 is 1.68 bits per heavy atom. The van der Waals surface area contributed by atoms with Crippen molar-refractivity contribution in [3.63, 3.8) is 0 Å². The van der Waals surface area contributed by atoms with E-state index >= 15 is 0 Å². The lowest BCUT2D eigenvalue weighted by Crippen LogP contribution is -2.34. The third-order valence-electron chi connectivity index (χ3n) is 3.71. The zero-order chi connectivity index (χ0) is 13.2. The number of anilines is 1. The summed E-state index contributed by atoms with van der Waals surface area (Å²) in [6.45, 7) is 0. The highest BCUT2D eigenvalue weighted by molar-refractivity contribution is 6.30. The highest BCUT2D eigenvalue weighted by Crippen LogP contribution is 2.39. The Hall–Kier alpha value is -1.54. The SMILES string of the molecule is Fc1ccccc1NC1CC(c2ccc(Cl)cc2)C1. The van der Waals surface area contributed by atoms with Crippen LogP contribution in [0.15, 0.2) is 48.5 Å². The van der Waals surface area contributed by atoms with Crippen LogP contribution >= 0.6 is 11.6 Å². The van der Waals surface area contributed by atoms with E-state index in [4.69, 9.17) is 11.6 Å². The van der Waals surface area contributed by atoms with Gasteiger partial charge in [0.2, 0.25) is 0 Å². The van der Waals surface area contributed by atoms with Crippen LogP contribution in [0.5, 0.6) is 0 Å². The van der Waals surface area contributed by atoms with Crippen molar-refractivity contribution < 1.29 is 4.39 Å². The summed E-state index contributed by atoms with van der Waals surface area (Å²) in [4.78, 5) is 0. The quantitative estimate of drug-likeness (QED) is 0.845. The Labute approximate surface area is 117 Å². The number of hydrogen-bond donors (Lipinski definition) is 1. The van der Waals surface area contributed by atoms with Crippen molar-refractivity contribution in [2.24, 2.45) is 0 Å². The Morgan fingerprint density at radius 1 is 1.00 bits per heavy atom. The Bertz CT molecular complexity index is 561. The van der Waals surface area contributed by atoms with Crippen molar-refractivity contribution in [3.8, 4) is 0 Å². The Kier molecular flexibility index (Phi) is 3.43. The highest BCUT2D eigenvalue weighted by Gasteiger charge is 2.30. The first-order valence-corrected chi connectivity index (χ1v) is 6.86. The van der Waals surface area contributed by atoms with Gasteiger partial charge in [-0.3, -0.25) is 0 Å². The van der Waals surface area contributed by atoms with Gasteiger partial charge < -0.3 is 5.32 Å². The molecular formula is C16H15ClFN. The van der Waals surface area contributed by atoms with Crippen molar-refractivity contribution in [1.29, 1.82) is 0 Å². The summed E-state index contributed by atoms with van der Waals surface area (Å²) in [6, 6.07) is 15.2. The van der Waals surface area contributed by atoms with Crippen molar-refractivity contribution >= 4 is 17.3 Å². The summed E-state index contributed by atoms with van der Waals surface area (Å²) in [5.74, 6) is 0.374. The van der Waals surface area contributed by atoms with Crippen molar-refractivity contribution in [3.05, 3.63) is 64.9 Å². The fourth-order valence-electron chi connectivity index (χ4n) is 2.54. The van der Waals surface area contributed by atoms with E-state index in [1.165, 1.54) is 11.6 Å². The van der Waals surface area contributed by atoms with Crippen LogP contribution in [0.25, 0.3) is 0 Å². The number of para-hydroxylation sites is 1. The maximum Gasteiger partial charge on any atom is 0.146 e. The average molecular weight is 276 g/mol. The monoisotopic (exact) mass is 275 g/mol. The number of rotatable bonds is 3. The van der Waals surface area contributed by atoms with Crippen LogP contribution in [0.1, 0.15) is 24.3 Å². The predicted octanol–water partition coefficient (Wildman–Crippen LogP) is 4.84. The van der Waals surface area contributed by atoms with Crippen LogP contribution in [0.4, 0.5) is 10.1 Å². The fourth-order valence-corrected chi connectivity index (χ4v) is 2.67. The van der Waals surface area contributed by atoms with Crippen LogP contribution in [0, 0.1) is 5.82 Å². The van der Waals surface area contributed by atoms with Gasteiger partial charge in [0.25, 0.3) is 0 Å². The molecule has 19 heavy (non-hydrogen) atoms. The molecule has 0 saturated heterocycles. The van der Waals surface area contributed by atoms with Gasteiger partial charge in [0.1, 0.15) is 5.82 Å². The molecule has 0 amide bonds. The molecule has 3 rings (SSSR count). The van der Waals surface area contributed by atoms with Gasteiger partial charge in [0.05, 0.1) is 5.69 Å². The molecule has 0 atom stereocenters. The van der Waals surface area contributed by atoms with Gasteiger partial charge >= 0.3 is 0 Å². The second-order valence-corrected chi connectivity index (χ2v) is 5.48. The molecule has 2 aromatic carbocycles. The molecule has 1 nitrogen and oxygen atoms in total. The minimum atomic E-state index is -0.183. The van der Waals surface area contributed by atoms with E-state index in [1.54, 1.807) is 12.1 Å². The minimum Gasteiger partial charge on any atom is -0.380 e. The Morgan fingerprint density at radius 3 is 2.37 bits per heavy atom. The van der Waals surface area contributed by atoms with E-state index in [0.717, 1.165) is 17.9 Å². The van der Waals surface area contributed by atoms with Crippen molar-refractivity contribution in [1.82, 2.24) is 0 Å². The normalized spacial score (nSPS) is 21.8. The van der Waals surface area contributed by atoms with Gasteiger partial charge in [-0.25, -0.2) is 4.39 Å².